The Bertz CT molecular complexity index is 2410. The molecular formula is C43H33N3O2Pt. The van der Waals surface area contributed by atoms with Crippen LogP contribution >= 0.6 is 0 Å². The van der Waals surface area contributed by atoms with Crippen LogP contribution < -0.4 is 4.74 Å². The van der Waals surface area contributed by atoms with Crippen LogP contribution in [0, 0.1) is 26.0 Å². The Hall–Kier alpha value is -4.99. The molecule has 2 atom stereocenters. The molecule has 2 aliphatic heterocycles. The summed E-state index contributed by atoms with van der Waals surface area (Å²) in [5.41, 5.74) is 10.3. The number of nitrogens with zero attached hydrogens (tertiary/aromatic N) is 3. The molecule has 0 bridgehead atoms. The van der Waals surface area contributed by atoms with Crippen molar-refractivity contribution in [1.29, 1.82) is 0 Å². The fourth-order valence-electron chi connectivity index (χ4n) is 7.44. The van der Waals surface area contributed by atoms with Crippen LogP contribution in [0.1, 0.15) is 64.9 Å². The Labute approximate surface area is 300 Å². The van der Waals surface area contributed by atoms with E-state index in [1.165, 1.54) is 22.0 Å². The van der Waals surface area contributed by atoms with Gasteiger partial charge in [-0.2, -0.15) is 6.07 Å². The first-order valence-electron chi connectivity index (χ1n) is 16.4. The van der Waals surface area contributed by atoms with Gasteiger partial charge in [0.25, 0.3) is 0 Å². The molecule has 5 nitrogen and oxygen atoms in total. The maximum Gasteiger partial charge on any atom is 2.00 e. The minimum absolute atomic E-state index is 0. The van der Waals surface area contributed by atoms with Crippen LogP contribution in [0.4, 0.5) is 0 Å². The molecular weight excluding hydrogens is 786 g/mol. The number of fused-ring (bicyclic) bond motifs is 5. The molecule has 0 spiro atoms. The van der Waals surface area contributed by atoms with Gasteiger partial charge in [-0.15, -0.1) is 28.8 Å². The number of hydrogen-bond donors (Lipinski definition) is 0. The molecule has 0 aliphatic carbocycles. The van der Waals surface area contributed by atoms with Crippen LogP contribution in [0.5, 0.6) is 11.5 Å². The second-order valence-corrected chi connectivity index (χ2v) is 13.4. The molecule has 0 N–H and O–H groups in total. The van der Waals surface area contributed by atoms with Crippen LogP contribution in [-0.2, 0) is 31.2 Å². The zero-order valence-corrected chi connectivity index (χ0v) is 29.9. The van der Waals surface area contributed by atoms with E-state index in [1.807, 2.05) is 54.7 Å². The van der Waals surface area contributed by atoms with Gasteiger partial charge in [-0.3, -0.25) is 4.99 Å². The van der Waals surface area contributed by atoms with E-state index in [0.717, 1.165) is 44.5 Å². The maximum absolute atomic E-state index is 6.66. The molecule has 5 aromatic carbocycles. The van der Waals surface area contributed by atoms with E-state index < -0.39 is 0 Å². The largest absolute Gasteiger partial charge is 2.00 e. The molecule has 0 radical (unpaired) electrons. The summed E-state index contributed by atoms with van der Waals surface area (Å²) in [6.45, 7) is 8.72. The summed E-state index contributed by atoms with van der Waals surface area (Å²) in [7, 11) is 0. The van der Waals surface area contributed by atoms with Gasteiger partial charge in [0.05, 0.1) is 5.52 Å². The monoisotopic (exact) mass is 818 g/mol. The van der Waals surface area contributed by atoms with E-state index in [0.29, 0.717) is 17.4 Å². The first-order valence-corrected chi connectivity index (χ1v) is 16.4. The predicted molar refractivity (Wildman–Crippen MR) is 190 cm³/mol. The van der Waals surface area contributed by atoms with E-state index >= 15 is 0 Å². The molecule has 0 amide bonds. The number of hydrogen-bond acceptors (Lipinski definition) is 4. The van der Waals surface area contributed by atoms with Gasteiger partial charge >= 0.3 is 21.1 Å². The fraction of sp³-hybridized carbons (Fsp3) is 0.163. The summed E-state index contributed by atoms with van der Waals surface area (Å²) < 4.78 is 15.5. The summed E-state index contributed by atoms with van der Waals surface area (Å²) in [5.74, 6) is 1.80. The minimum atomic E-state index is -0.244. The number of aliphatic imine (C=N–C) groups is 1. The van der Waals surface area contributed by atoms with E-state index in [-0.39, 0.29) is 38.6 Å². The SMILES string of the molecule is Cc1cc(Oc2[c-]c3c(cc2C)C(C)(C)c2cccc4c5cccnc5n-3c24)[c-]c(C2=N[C@H](c3ccccc3)[C@@H](c3ccccc3)O2)c1.[Pt+2]. The van der Waals surface area contributed by atoms with Crippen molar-refractivity contribution < 1.29 is 30.5 Å². The normalized spacial score (nSPS) is 17.3. The maximum atomic E-state index is 6.66. The molecule has 6 heteroatoms. The molecule has 2 aromatic heterocycles. The number of rotatable bonds is 5. The molecule has 49 heavy (non-hydrogen) atoms. The van der Waals surface area contributed by atoms with Crippen molar-refractivity contribution in [1.82, 2.24) is 9.55 Å². The van der Waals surface area contributed by atoms with E-state index in [1.54, 1.807) is 0 Å². The van der Waals surface area contributed by atoms with Crippen molar-refractivity contribution in [3.05, 3.63) is 166 Å². The standard InChI is InChI=1S/C43H33N3O2.Pt/c1-26-21-30(42-45-38(28-13-7-5-8-14-28)40(48-42)29-15-9-6-10-16-29)24-31(22-26)47-37-25-36-35(23-27(37)2)43(3,4)34-19-11-17-32-33-18-12-20-44-41(33)46(36)39(32)34;/h5-23,38,40H,1-4H3;/q-2;+2/t38-,40-;/m1./s1. The molecule has 0 unspecified atom stereocenters. The molecule has 242 valence electrons. The number of para-hydroxylation sites is 1. The van der Waals surface area contributed by atoms with Crippen molar-refractivity contribution in [2.24, 2.45) is 4.99 Å². The van der Waals surface area contributed by atoms with Crippen molar-refractivity contribution in [2.75, 3.05) is 0 Å². The summed E-state index contributed by atoms with van der Waals surface area (Å²) in [6.07, 6.45) is 1.61. The summed E-state index contributed by atoms with van der Waals surface area (Å²) >= 11 is 0. The number of pyridine rings is 1. The average molecular weight is 819 g/mol. The molecule has 2 aliphatic rings. The summed E-state index contributed by atoms with van der Waals surface area (Å²) in [5, 5.41) is 2.33. The van der Waals surface area contributed by atoms with Gasteiger partial charge in [0.15, 0.2) is 0 Å². The van der Waals surface area contributed by atoms with Crippen LogP contribution in [0.25, 0.3) is 27.6 Å². The van der Waals surface area contributed by atoms with Crippen LogP contribution in [0.2, 0.25) is 0 Å². The van der Waals surface area contributed by atoms with Gasteiger partial charge < -0.3 is 14.0 Å². The van der Waals surface area contributed by atoms with Gasteiger partial charge in [0.1, 0.15) is 23.7 Å². The van der Waals surface area contributed by atoms with Gasteiger partial charge in [0, 0.05) is 28.5 Å². The van der Waals surface area contributed by atoms with E-state index in [9.17, 15) is 0 Å². The third-order valence-corrected chi connectivity index (χ3v) is 9.81. The van der Waals surface area contributed by atoms with Crippen LogP contribution in [0.15, 0.2) is 120 Å². The van der Waals surface area contributed by atoms with Crippen LogP contribution in [0.3, 0.4) is 0 Å². The summed E-state index contributed by atoms with van der Waals surface area (Å²) in [4.78, 5) is 9.96. The molecule has 9 rings (SSSR count). The molecule has 0 saturated heterocycles. The van der Waals surface area contributed by atoms with Gasteiger partial charge in [0.2, 0.25) is 0 Å². The van der Waals surface area contributed by atoms with E-state index in [4.69, 9.17) is 19.5 Å². The third kappa shape index (κ3) is 5.02. The molecule has 0 saturated carbocycles. The number of aromatic nitrogens is 2. The van der Waals surface area contributed by atoms with Crippen molar-refractivity contribution >= 4 is 27.8 Å². The van der Waals surface area contributed by atoms with Gasteiger partial charge in [-0.1, -0.05) is 130 Å². The van der Waals surface area contributed by atoms with Crippen molar-refractivity contribution in [3.63, 3.8) is 0 Å². The first kappa shape index (κ1) is 31.3. The first-order chi connectivity index (χ1) is 23.4. The minimum Gasteiger partial charge on any atom is -0.510 e. The zero-order chi connectivity index (χ0) is 32.6. The Morgan fingerprint density at radius 2 is 1.51 bits per heavy atom. The average Bonchev–Trinajstić information content (AvgIpc) is 3.70. The Morgan fingerprint density at radius 1 is 0.776 bits per heavy atom. The molecule has 4 heterocycles. The number of aryl methyl sites for hydroxylation is 2. The smallest absolute Gasteiger partial charge is 0.510 e. The Kier molecular flexibility index (Phi) is 7.57. The van der Waals surface area contributed by atoms with Gasteiger partial charge in [-0.05, 0) is 34.2 Å². The second kappa shape index (κ2) is 11.9. The van der Waals surface area contributed by atoms with Crippen molar-refractivity contribution in [2.45, 2.75) is 45.3 Å². The van der Waals surface area contributed by atoms with Crippen molar-refractivity contribution in [3.8, 4) is 17.2 Å². The fourth-order valence-corrected chi connectivity index (χ4v) is 7.44. The number of ether oxygens (including phenoxy) is 2. The predicted octanol–water partition coefficient (Wildman–Crippen LogP) is 10.1. The Balaban J connectivity index is 0.00000348. The summed E-state index contributed by atoms with van der Waals surface area (Å²) in [6, 6.07) is 44.7. The number of benzene rings is 5. The topological polar surface area (TPSA) is 48.6 Å². The zero-order valence-electron chi connectivity index (χ0n) is 27.6. The van der Waals surface area contributed by atoms with Crippen LogP contribution in [-0.4, -0.2) is 15.4 Å². The third-order valence-electron chi connectivity index (χ3n) is 9.81. The molecule has 0 fully saturated rings. The van der Waals surface area contributed by atoms with E-state index in [2.05, 4.69) is 105 Å². The molecule has 7 aromatic rings. The Morgan fingerprint density at radius 3 is 2.29 bits per heavy atom. The quantitative estimate of drug-likeness (QED) is 0.163. The van der Waals surface area contributed by atoms with Gasteiger partial charge in [-0.25, -0.2) is 4.98 Å². The second-order valence-electron chi connectivity index (χ2n) is 13.4.